The van der Waals surface area contributed by atoms with Crippen molar-refractivity contribution in [1.29, 1.82) is 0 Å². The smallest absolute Gasteiger partial charge is 0.257 e. The maximum atomic E-state index is 12.3. The van der Waals surface area contributed by atoms with Crippen LogP contribution in [-0.4, -0.2) is 24.3 Å². The Bertz CT molecular complexity index is 830. The molecule has 0 aliphatic carbocycles. The van der Waals surface area contributed by atoms with Crippen LogP contribution in [0.5, 0.6) is 5.75 Å². The van der Waals surface area contributed by atoms with E-state index in [4.69, 9.17) is 4.74 Å². The molecule has 1 N–H and O–H groups in total. The van der Waals surface area contributed by atoms with E-state index >= 15 is 0 Å². The minimum absolute atomic E-state index is 0.151. The fourth-order valence-electron chi connectivity index (χ4n) is 2.02. The number of nitrogens with zero attached hydrogens (tertiary/aromatic N) is 1. The predicted octanol–water partition coefficient (Wildman–Crippen LogP) is 4.28. The van der Waals surface area contributed by atoms with Crippen molar-refractivity contribution in [2.75, 3.05) is 18.7 Å². The van der Waals surface area contributed by atoms with Crippen molar-refractivity contribution in [3.63, 3.8) is 0 Å². The summed E-state index contributed by atoms with van der Waals surface area (Å²) in [6, 6.07) is 13.2. The average molecular weight is 330 g/mol. The highest BCUT2D eigenvalue weighted by Crippen LogP contribution is 2.29. The lowest BCUT2D eigenvalue weighted by Gasteiger charge is -2.03. The molecule has 22 heavy (non-hydrogen) atoms. The van der Waals surface area contributed by atoms with Gasteiger partial charge in [-0.3, -0.25) is 10.1 Å². The number of thioether (sulfide) groups is 1. The molecule has 112 valence electrons. The Balaban J connectivity index is 1.84. The van der Waals surface area contributed by atoms with Crippen molar-refractivity contribution in [2.24, 2.45) is 0 Å². The summed E-state index contributed by atoms with van der Waals surface area (Å²) in [5, 5.41) is 3.44. The number of carbonyl (C=O) groups excluding carboxylic acids is 1. The first-order chi connectivity index (χ1) is 10.7. The van der Waals surface area contributed by atoms with Crippen LogP contribution in [-0.2, 0) is 0 Å². The standard InChI is InChI=1S/C16H14N2O2S2/c1-20-11-6-7-13-14(9-11)22-16(17-13)18-15(19)10-4-3-5-12(8-10)21-2/h3-9H,1-2H3,(H,17,18,19). The van der Waals surface area contributed by atoms with Crippen molar-refractivity contribution in [3.8, 4) is 5.75 Å². The third kappa shape index (κ3) is 3.08. The number of carbonyl (C=O) groups is 1. The summed E-state index contributed by atoms with van der Waals surface area (Å²) in [4.78, 5) is 17.8. The van der Waals surface area contributed by atoms with Gasteiger partial charge in [0.1, 0.15) is 5.75 Å². The van der Waals surface area contributed by atoms with Crippen LogP contribution in [0.3, 0.4) is 0 Å². The molecule has 0 atom stereocenters. The highest BCUT2D eigenvalue weighted by Gasteiger charge is 2.11. The Morgan fingerprint density at radius 1 is 1.27 bits per heavy atom. The lowest BCUT2D eigenvalue weighted by molar-refractivity contribution is 0.102. The number of fused-ring (bicyclic) bond motifs is 1. The van der Waals surface area contributed by atoms with Gasteiger partial charge >= 0.3 is 0 Å². The Labute approximate surface area is 136 Å². The SMILES string of the molecule is COc1ccc2nc(NC(=O)c3cccc(SC)c3)sc2c1. The summed E-state index contributed by atoms with van der Waals surface area (Å²) >= 11 is 3.04. The molecule has 0 aliphatic heterocycles. The highest BCUT2D eigenvalue weighted by molar-refractivity contribution is 7.98. The zero-order valence-electron chi connectivity index (χ0n) is 12.1. The molecular formula is C16H14N2O2S2. The minimum Gasteiger partial charge on any atom is -0.497 e. The lowest BCUT2D eigenvalue weighted by atomic mass is 10.2. The van der Waals surface area contributed by atoms with E-state index in [1.165, 1.54) is 11.3 Å². The fourth-order valence-corrected chi connectivity index (χ4v) is 3.37. The molecule has 0 unspecified atom stereocenters. The number of anilines is 1. The van der Waals surface area contributed by atoms with Crippen LogP contribution in [0.4, 0.5) is 5.13 Å². The fraction of sp³-hybridized carbons (Fsp3) is 0.125. The van der Waals surface area contributed by atoms with Gasteiger partial charge in [-0.2, -0.15) is 0 Å². The largest absolute Gasteiger partial charge is 0.497 e. The van der Waals surface area contributed by atoms with Crippen LogP contribution < -0.4 is 10.1 Å². The number of hydrogen-bond donors (Lipinski definition) is 1. The molecule has 1 aromatic heterocycles. The number of aromatic nitrogens is 1. The van der Waals surface area contributed by atoms with Gasteiger partial charge in [0, 0.05) is 10.5 Å². The maximum Gasteiger partial charge on any atom is 0.257 e. The van der Waals surface area contributed by atoms with Gasteiger partial charge in [0.15, 0.2) is 5.13 Å². The molecule has 0 fully saturated rings. The molecule has 1 heterocycles. The molecular weight excluding hydrogens is 316 g/mol. The molecule has 0 saturated heterocycles. The molecule has 3 rings (SSSR count). The summed E-state index contributed by atoms with van der Waals surface area (Å²) in [5.74, 6) is 0.628. The topological polar surface area (TPSA) is 51.2 Å². The zero-order valence-corrected chi connectivity index (χ0v) is 13.8. The highest BCUT2D eigenvalue weighted by atomic mass is 32.2. The van der Waals surface area contributed by atoms with E-state index in [0.717, 1.165) is 20.9 Å². The molecule has 6 heteroatoms. The number of nitrogens with one attached hydrogen (secondary N) is 1. The molecule has 4 nitrogen and oxygen atoms in total. The molecule has 0 spiro atoms. The summed E-state index contributed by atoms with van der Waals surface area (Å²) < 4.78 is 6.18. The Kier molecular flexibility index (Phi) is 4.31. The van der Waals surface area contributed by atoms with Gasteiger partial charge in [0.25, 0.3) is 5.91 Å². The second kappa shape index (κ2) is 6.37. The number of amides is 1. The van der Waals surface area contributed by atoms with Gasteiger partial charge in [-0.15, -0.1) is 11.8 Å². The Hall–Kier alpha value is -2.05. The minimum atomic E-state index is -0.151. The van der Waals surface area contributed by atoms with Crippen LogP contribution in [0.15, 0.2) is 47.4 Å². The average Bonchev–Trinajstić information content (AvgIpc) is 2.95. The monoisotopic (exact) mass is 330 g/mol. The number of benzene rings is 2. The number of hydrogen-bond acceptors (Lipinski definition) is 5. The molecule has 0 bridgehead atoms. The predicted molar refractivity (Wildman–Crippen MR) is 92.3 cm³/mol. The van der Waals surface area contributed by atoms with E-state index in [-0.39, 0.29) is 5.91 Å². The first-order valence-corrected chi connectivity index (χ1v) is 8.63. The van der Waals surface area contributed by atoms with Crippen LogP contribution in [0.2, 0.25) is 0 Å². The quantitative estimate of drug-likeness (QED) is 0.726. The maximum absolute atomic E-state index is 12.3. The van der Waals surface area contributed by atoms with Gasteiger partial charge in [-0.25, -0.2) is 4.98 Å². The van der Waals surface area contributed by atoms with Crippen molar-refractivity contribution in [2.45, 2.75) is 4.90 Å². The third-order valence-electron chi connectivity index (χ3n) is 3.15. The van der Waals surface area contributed by atoms with Crippen molar-refractivity contribution in [1.82, 2.24) is 4.98 Å². The van der Waals surface area contributed by atoms with Crippen LogP contribution in [0, 0.1) is 0 Å². The van der Waals surface area contributed by atoms with Gasteiger partial charge in [0.05, 0.1) is 17.3 Å². The number of rotatable bonds is 4. The summed E-state index contributed by atoms with van der Waals surface area (Å²) in [5.41, 5.74) is 1.47. The summed E-state index contributed by atoms with van der Waals surface area (Å²) in [6.07, 6.45) is 1.98. The Morgan fingerprint density at radius 3 is 2.91 bits per heavy atom. The number of ether oxygens (including phenoxy) is 1. The molecule has 1 amide bonds. The van der Waals surface area contributed by atoms with Gasteiger partial charge in [-0.1, -0.05) is 17.4 Å². The van der Waals surface area contributed by atoms with E-state index in [2.05, 4.69) is 10.3 Å². The third-order valence-corrected chi connectivity index (χ3v) is 4.81. The summed E-state index contributed by atoms with van der Waals surface area (Å²) in [6.45, 7) is 0. The van der Waals surface area contributed by atoms with Gasteiger partial charge in [0.2, 0.25) is 0 Å². The molecule has 3 aromatic rings. The molecule has 0 aliphatic rings. The summed E-state index contributed by atoms with van der Waals surface area (Å²) in [7, 11) is 1.63. The second-order valence-corrected chi connectivity index (χ2v) is 6.45. The molecule has 2 aromatic carbocycles. The van der Waals surface area contributed by atoms with Crippen LogP contribution >= 0.6 is 23.1 Å². The first-order valence-electron chi connectivity index (χ1n) is 6.59. The van der Waals surface area contributed by atoms with Gasteiger partial charge in [-0.05, 0) is 42.7 Å². The van der Waals surface area contributed by atoms with Crippen molar-refractivity contribution >= 4 is 44.4 Å². The molecule has 0 radical (unpaired) electrons. The first kappa shape index (κ1) is 14.9. The van der Waals surface area contributed by atoms with E-state index in [1.807, 2.05) is 42.7 Å². The van der Waals surface area contributed by atoms with E-state index in [0.29, 0.717) is 10.7 Å². The van der Waals surface area contributed by atoms with Gasteiger partial charge < -0.3 is 4.74 Å². The number of thiazole rings is 1. The van der Waals surface area contributed by atoms with Crippen molar-refractivity contribution < 1.29 is 9.53 Å². The lowest BCUT2D eigenvalue weighted by Crippen LogP contribution is -2.11. The van der Waals surface area contributed by atoms with Crippen LogP contribution in [0.25, 0.3) is 10.2 Å². The second-order valence-electron chi connectivity index (χ2n) is 4.54. The zero-order chi connectivity index (χ0) is 15.5. The van der Waals surface area contributed by atoms with E-state index in [9.17, 15) is 4.79 Å². The van der Waals surface area contributed by atoms with Crippen LogP contribution in [0.1, 0.15) is 10.4 Å². The Morgan fingerprint density at radius 2 is 2.14 bits per heavy atom. The van der Waals surface area contributed by atoms with E-state index < -0.39 is 0 Å². The number of methoxy groups -OCH3 is 1. The van der Waals surface area contributed by atoms with Crippen molar-refractivity contribution in [3.05, 3.63) is 48.0 Å². The van der Waals surface area contributed by atoms with E-state index in [1.54, 1.807) is 24.9 Å². The normalized spacial score (nSPS) is 10.6. The molecule has 0 saturated carbocycles.